The molecule has 1 aromatic heterocycles. The third-order valence-electron chi connectivity index (χ3n) is 5.96. The summed E-state index contributed by atoms with van der Waals surface area (Å²) >= 11 is 0. The molecule has 2 aliphatic heterocycles. The highest BCUT2D eigenvalue weighted by atomic mass is 32.2. The van der Waals surface area contributed by atoms with E-state index in [0.29, 0.717) is 48.9 Å². The maximum absolute atomic E-state index is 12.9. The normalized spacial score (nSPS) is 19.8. The van der Waals surface area contributed by atoms with Gasteiger partial charge in [-0.3, -0.25) is 9.52 Å². The fourth-order valence-electron chi connectivity index (χ4n) is 4.63. The summed E-state index contributed by atoms with van der Waals surface area (Å²) in [6.07, 6.45) is 1.30. The predicted molar refractivity (Wildman–Crippen MR) is 123 cm³/mol. The number of anilines is 2. The predicted octanol–water partition coefficient (Wildman–Crippen LogP) is 2.66. The number of fused-ring (bicyclic) bond motifs is 4. The van der Waals surface area contributed by atoms with Gasteiger partial charge in [-0.15, -0.1) is 0 Å². The molecule has 0 aliphatic carbocycles. The second-order valence-corrected chi connectivity index (χ2v) is 10.2. The summed E-state index contributed by atoms with van der Waals surface area (Å²) in [6.45, 7) is 3.20. The van der Waals surface area contributed by atoms with Gasteiger partial charge in [-0.2, -0.15) is 0 Å². The number of ether oxygens (including phenoxy) is 1. The van der Waals surface area contributed by atoms with Crippen LogP contribution in [0.25, 0.3) is 0 Å². The molecule has 2 atom stereocenters. The Kier molecular flexibility index (Phi) is 6.14. The maximum Gasteiger partial charge on any atom is 0.321 e. The largest absolute Gasteiger partial charge is 0.497 e. The molecule has 0 unspecified atom stereocenters. The monoisotopic (exact) mass is 460 g/mol. The van der Waals surface area contributed by atoms with Crippen molar-refractivity contribution in [3.05, 3.63) is 52.4 Å². The number of piperidine rings is 1. The van der Waals surface area contributed by atoms with E-state index in [2.05, 4.69) is 10.0 Å². The number of nitrogens with zero attached hydrogens (tertiary/aromatic N) is 2. The number of hydrogen-bond donors (Lipinski definition) is 2. The minimum Gasteiger partial charge on any atom is -0.497 e. The van der Waals surface area contributed by atoms with Crippen LogP contribution in [0.15, 0.2) is 41.2 Å². The summed E-state index contributed by atoms with van der Waals surface area (Å²) in [4.78, 5) is 27.2. The van der Waals surface area contributed by atoms with Crippen molar-refractivity contribution in [1.29, 1.82) is 0 Å². The van der Waals surface area contributed by atoms with Crippen LogP contribution in [-0.4, -0.2) is 49.9 Å². The molecule has 10 heteroatoms. The van der Waals surface area contributed by atoms with Gasteiger partial charge in [0.1, 0.15) is 5.75 Å². The van der Waals surface area contributed by atoms with Crippen molar-refractivity contribution in [2.24, 2.45) is 5.92 Å². The molecule has 1 saturated heterocycles. The Morgan fingerprint density at radius 1 is 1.12 bits per heavy atom. The number of hydrogen-bond acceptors (Lipinski definition) is 5. The summed E-state index contributed by atoms with van der Waals surface area (Å²) in [5, 5.41) is 2.91. The molecular formula is C22H28N4O5S. The Balaban J connectivity index is 1.57. The summed E-state index contributed by atoms with van der Waals surface area (Å²) in [6, 6.07) is 9.83. The minimum absolute atomic E-state index is 0.00918. The first-order valence-corrected chi connectivity index (χ1v) is 12.4. The van der Waals surface area contributed by atoms with Gasteiger partial charge < -0.3 is 19.5 Å². The number of urea groups is 1. The number of benzene rings is 1. The molecule has 9 nitrogen and oxygen atoms in total. The number of carbonyl (C=O) groups is 1. The third-order valence-corrected chi connectivity index (χ3v) is 7.43. The summed E-state index contributed by atoms with van der Waals surface area (Å²) in [5.74, 6) is 0.714. The van der Waals surface area contributed by atoms with E-state index in [1.54, 1.807) is 47.8 Å². The SMILES string of the molecule is CCCS(=O)(=O)Nc1ccc(=O)n2c1[C@@H]1C[C@@H](CN(C(=O)Nc3ccc(OC)cc3)C1)C2. The molecule has 172 valence electrons. The first-order valence-electron chi connectivity index (χ1n) is 10.7. The molecule has 2 amide bonds. The molecule has 4 rings (SSSR count). The van der Waals surface area contributed by atoms with Crippen LogP contribution < -0.4 is 20.3 Å². The number of rotatable bonds is 6. The van der Waals surface area contributed by atoms with Gasteiger partial charge in [0, 0.05) is 37.3 Å². The Bertz CT molecular complexity index is 1160. The van der Waals surface area contributed by atoms with E-state index >= 15 is 0 Å². The van der Waals surface area contributed by atoms with E-state index in [0.717, 1.165) is 6.42 Å². The number of carbonyl (C=O) groups excluding carboxylic acids is 1. The van der Waals surface area contributed by atoms with E-state index in [9.17, 15) is 18.0 Å². The average Bonchev–Trinajstić information content (AvgIpc) is 2.76. The van der Waals surface area contributed by atoms with Crippen molar-refractivity contribution in [3.63, 3.8) is 0 Å². The molecule has 1 fully saturated rings. The summed E-state index contributed by atoms with van der Waals surface area (Å²) < 4.78 is 34.2. The zero-order chi connectivity index (χ0) is 22.9. The van der Waals surface area contributed by atoms with Gasteiger partial charge in [-0.25, -0.2) is 13.2 Å². The van der Waals surface area contributed by atoms with Crippen LogP contribution in [0.5, 0.6) is 5.75 Å². The van der Waals surface area contributed by atoms with Crippen molar-refractivity contribution in [3.8, 4) is 5.75 Å². The van der Waals surface area contributed by atoms with E-state index in [4.69, 9.17) is 4.74 Å². The second-order valence-electron chi connectivity index (χ2n) is 8.36. The van der Waals surface area contributed by atoms with Crippen molar-refractivity contribution < 1.29 is 17.9 Å². The number of methoxy groups -OCH3 is 1. The van der Waals surface area contributed by atoms with Gasteiger partial charge in [0.15, 0.2) is 0 Å². The lowest BCUT2D eigenvalue weighted by molar-refractivity contribution is 0.140. The highest BCUT2D eigenvalue weighted by Crippen LogP contribution is 2.39. The molecule has 0 radical (unpaired) electrons. The molecule has 2 bridgehead atoms. The number of nitrogens with one attached hydrogen (secondary N) is 2. The standard InChI is InChI=1S/C22H28N4O5S/c1-3-10-32(29,30)24-19-8-9-20(27)26-13-15-11-16(21(19)26)14-25(12-15)22(28)23-17-4-6-18(31-2)7-5-17/h4-9,15-16,24H,3,10-14H2,1-2H3,(H,23,28)/t15-,16+/m0/s1. The van der Waals surface area contributed by atoms with Crippen molar-refractivity contribution >= 4 is 27.4 Å². The number of aromatic nitrogens is 1. The van der Waals surface area contributed by atoms with Crippen LogP contribution in [0, 0.1) is 5.92 Å². The number of likely N-dealkylation sites (tertiary alicyclic amines) is 1. The highest BCUT2D eigenvalue weighted by molar-refractivity contribution is 7.92. The zero-order valence-corrected chi connectivity index (χ0v) is 19.0. The van der Waals surface area contributed by atoms with Gasteiger partial charge in [0.25, 0.3) is 5.56 Å². The molecule has 32 heavy (non-hydrogen) atoms. The Hall–Kier alpha value is -3.01. The van der Waals surface area contributed by atoms with Crippen LogP contribution in [0.2, 0.25) is 0 Å². The number of pyridine rings is 1. The molecule has 0 saturated carbocycles. The van der Waals surface area contributed by atoms with E-state index in [-0.39, 0.29) is 29.2 Å². The molecule has 3 heterocycles. The fraction of sp³-hybridized carbons (Fsp3) is 0.455. The van der Waals surface area contributed by atoms with Crippen molar-refractivity contribution in [2.45, 2.75) is 32.2 Å². The van der Waals surface area contributed by atoms with E-state index in [1.807, 2.05) is 0 Å². The van der Waals surface area contributed by atoms with Crippen molar-refractivity contribution in [1.82, 2.24) is 9.47 Å². The van der Waals surface area contributed by atoms with Crippen LogP contribution in [0.3, 0.4) is 0 Å². The van der Waals surface area contributed by atoms with Gasteiger partial charge in [-0.1, -0.05) is 6.92 Å². The maximum atomic E-state index is 12.9. The summed E-state index contributed by atoms with van der Waals surface area (Å²) in [7, 11) is -1.92. The molecule has 2 N–H and O–H groups in total. The molecule has 2 aromatic rings. The van der Waals surface area contributed by atoms with Gasteiger partial charge in [-0.05, 0) is 49.1 Å². The topological polar surface area (TPSA) is 110 Å². The van der Waals surface area contributed by atoms with Gasteiger partial charge >= 0.3 is 6.03 Å². The smallest absolute Gasteiger partial charge is 0.321 e. The molecule has 2 aliphatic rings. The quantitative estimate of drug-likeness (QED) is 0.689. The fourth-order valence-corrected chi connectivity index (χ4v) is 5.78. The minimum atomic E-state index is -3.50. The van der Waals surface area contributed by atoms with Gasteiger partial charge in [0.2, 0.25) is 10.0 Å². The molecular weight excluding hydrogens is 432 g/mol. The first-order chi connectivity index (χ1) is 15.3. The van der Waals surface area contributed by atoms with Crippen LogP contribution in [0.4, 0.5) is 16.2 Å². The third kappa shape index (κ3) is 4.59. The lowest BCUT2D eigenvalue weighted by Crippen LogP contribution is -2.50. The summed E-state index contributed by atoms with van der Waals surface area (Å²) in [5.41, 5.74) is 1.61. The van der Waals surface area contributed by atoms with E-state index < -0.39 is 10.0 Å². The van der Waals surface area contributed by atoms with Crippen LogP contribution in [-0.2, 0) is 16.6 Å². The van der Waals surface area contributed by atoms with Gasteiger partial charge in [0.05, 0.1) is 24.2 Å². The van der Waals surface area contributed by atoms with Crippen LogP contribution >= 0.6 is 0 Å². The highest BCUT2D eigenvalue weighted by Gasteiger charge is 2.38. The Morgan fingerprint density at radius 3 is 2.56 bits per heavy atom. The van der Waals surface area contributed by atoms with Crippen LogP contribution in [0.1, 0.15) is 31.4 Å². The zero-order valence-electron chi connectivity index (χ0n) is 18.2. The average molecular weight is 461 g/mol. The van der Waals surface area contributed by atoms with Crippen molar-refractivity contribution in [2.75, 3.05) is 36.0 Å². The Labute approximate surface area is 187 Å². The molecule has 0 spiro atoms. The lowest BCUT2D eigenvalue weighted by atomic mass is 9.82. The lowest BCUT2D eigenvalue weighted by Gasteiger charge is -2.43. The Morgan fingerprint density at radius 2 is 1.88 bits per heavy atom. The number of sulfonamides is 1. The molecule has 1 aromatic carbocycles. The first kappa shape index (κ1) is 22.2. The second kappa shape index (κ2) is 8.85. The van der Waals surface area contributed by atoms with E-state index in [1.165, 1.54) is 12.1 Å². The number of amides is 2.